The third-order valence-electron chi connectivity index (χ3n) is 2.24. The van der Waals surface area contributed by atoms with Gasteiger partial charge in [0.25, 0.3) is 0 Å². The minimum atomic E-state index is -1.25. The van der Waals surface area contributed by atoms with E-state index < -0.39 is 35.4 Å². The predicted octanol–water partition coefficient (Wildman–Crippen LogP) is 1.87. The van der Waals surface area contributed by atoms with Gasteiger partial charge >= 0.3 is 12.0 Å². The fraction of sp³-hybridized carbons (Fsp3) is 0.273. The Kier molecular flexibility index (Phi) is 4.19. The van der Waals surface area contributed by atoms with Crippen molar-refractivity contribution in [2.75, 3.05) is 5.32 Å². The van der Waals surface area contributed by atoms with Gasteiger partial charge in [0.1, 0.15) is 17.5 Å². The zero-order chi connectivity index (χ0) is 13.9. The molecule has 2 amide bonds. The highest BCUT2D eigenvalue weighted by molar-refractivity contribution is 5.92. The Hall–Kier alpha value is -2.18. The molecule has 0 saturated heterocycles. The number of amides is 2. The quantitative estimate of drug-likeness (QED) is 0.774. The van der Waals surface area contributed by atoms with E-state index in [-0.39, 0.29) is 5.56 Å². The number of carboxylic acids is 1. The smallest absolute Gasteiger partial charge is 0.325 e. The Bertz CT molecular complexity index is 491. The Morgan fingerprint density at radius 2 is 1.94 bits per heavy atom. The van der Waals surface area contributed by atoms with Crippen molar-refractivity contribution < 1.29 is 23.5 Å². The standard InChI is InChI=1S/C11H12F2N2O3/c1-5-3-4-7(12)9(8(5)13)15-11(18)14-6(2)10(16)17/h3-4,6H,1-2H3,(H,16,17)(H2,14,15,18)/t6-/m1/s1. The molecule has 0 heterocycles. The number of anilines is 1. The lowest BCUT2D eigenvalue weighted by Gasteiger charge is -2.12. The maximum atomic E-state index is 13.5. The van der Waals surface area contributed by atoms with Crippen molar-refractivity contribution in [1.29, 1.82) is 0 Å². The van der Waals surface area contributed by atoms with E-state index in [2.05, 4.69) is 0 Å². The molecule has 0 saturated carbocycles. The summed E-state index contributed by atoms with van der Waals surface area (Å²) >= 11 is 0. The van der Waals surface area contributed by atoms with E-state index in [0.717, 1.165) is 6.07 Å². The molecule has 0 aliphatic carbocycles. The molecule has 7 heteroatoms. The average molecular weight is 258 g/mol. The van der Waals surface area contributed by atoms with Crippen LogP contribution in [-0.2, 0) is 4.79 Å². The molecule has 5 nitrogen and oxygen atoms in total. The summed E-state index contributed by atoms with van der Waals surface area (Å²) in [7, 11) is 0. The number of carbonyl (C=O) groups excluding carboxylic acids is 1. The highest BCUT2D eigenvalue weighted by atomic mass is 19.1. The van der Waals surface area contributed by atoms with Crippen molar-refractivity contribution in [2.45, 2.75) is 19.9 Å². The van der Waals surface area contributed by atoms with Crippen molar-refractivity contribution in [3.8, 4) is 0 Å². The second kappa shape index (κ2) is 5.44. The molecule has 1 atom stereocenters. The SMILES string of the molecule is Cc1ccc(F)c(NC(=O)N[C@H](C)C(=O)O)c1F. The number of carboxylic acid groups (broad SMARTS) is 1. The van der Waals surface area contributed by atoms with Crippen LogP contribution in [0.2, 0.25) is 0 Å². The molecule has 0 fully saturated rings. The van der Waals surface area contributed by atoms with E-state index in [4.69, 9.17) is 5.11 Å². The van der Waals surface area contributed by atoms with E-state index in [9.17, 15) is 18.4 Å². The molecule has 0 aromatic heterocycles. The lowest BCUT2D eigenvalue weighted by Crippen LogP contribution is -2.41. The molecule has 1 aromatic rings. The van der Waals surface area contributed by atoms with Crippen molar-refractivity contribution in [1.82, 2.24) is 5.32 Å². The third-order valence-corrected chi connectivity index (χ3v) is 2.24. The summed E-state index contributed by atoms with van der Waals surface area (Å²) in [6.07, 6.45) is 0. The van der Waals surface area contributed by atoms with Gasteiger partial charge in [-0.2, -0.15) is 0 Å². The Labute approximate surface area is 102 Å². The van der Waals surface area contributed by atoms with E-state index in [1.807, 2.05) is 10.6 Å². The third kappa shape index (κ3) is 3.16. The molecule has 1 aromatic carbocycles. The van der Waals surface area contributed by atoms with Gasteiger partial charge in [-0.25, -0.2) is 13.6 Å². The van der Waals surface area contributed by atoms with Gasteiger partial charge in [-0.05, 0) is 25.5 Å². The van der Waals surface area contributed by atoms with Crippen LogP contribution >= 0.6 is 0 Å². The van der Waals surface area contributed by atoms with E-state index in [0.29, 0.717) is 0 Å². The molecular weight excluding hydrogens is 246 g/mol. The predicted molar refractivity (Wildman–Crippen MR) is 60.3 cm³/mol. The minimum Gasteiger partial charge on any atom is -0.480 e. The van der Waals surface area contributed by atoms with Gasteiger partial charge in [-0.3, -0.25) is 4.79 Å². The van der Waals surface area contributed by atoms with Crippen molar-refractivity contribution in [3.05, 3.63) is 29.3 Å². The zero-order valence-corrected chi connectivity index (χ0v) is 9.75. The number of aryl methyl sites for hydroxylation is 1. The second-order valence-corrected chi connectivity index (χ2v) is 3.71. The summed E-state index contributed by atoms with van der Waals surface area (Å²) < 4.78 is 26.8. The van der Waals surface area contributed by atoms with Crippen LogP contribution in [0.4, 0.5) is 19.3 Å². The maximum absolute atomic E-state index is 13.5. The van der Waals surface area contributed by atoms with Crippen LogP contribution < -0.4 is 10.6 Å². The van der Waals surface area contributed by atoms with Crippen LogP contribution in [0, 0.1) is 18.6 Å². The fourth-order valence-electron chi connectivity index (χ4n) is 1.18. The van der Waals surface area contributed by atoms with Crippen LogP contribution in [0.25, 0.3) is 0 Å². The van der Waals surface area contributed by atoms with Gasteiger partial charge in [0, 0.05) is 0 Å². The van der Waals surface area contributed by atoms with Crippen LogP contribution in [0.5, 0.6) is 0 Å². The zero-order valence-electron chi connectivity index (χ0n) is 9.75. The topological polar surface area (TPSA) is 78.4 Å². The molecule has 0 bridgehead atoms. The number of benzene rings is 1. The molecule has 0 unspecified atom stereocenters. The highest BCUT2D eigenvalue weighted by Gasteiger charge is 2.17. The van der Waals surface area contributed by atoms with Crippen molar-refractivity contribution >= 4 is 17.7 Å². The molecule has 0 spiro atoms. The first-order valence-corrected chi connectivity index (χ1v) is 5.08. The first kappa shape index (κ1) is 13.9. The van der Waals surface area contributed by atoms with Gasteiger partial charge in [0.2, 0.25) is 0 Å². The molecule has 3 N–H and O–H groups in total. The summed E-state index contributed by atoms with van der Waals surface area (Å²) in [5, 5.41) is 12.5. The Morgan fingerprint density at radius 1 is 1.33 bits per heavy atom. The largest absolute Gasteiger partial charge is 0.480 e. The Morgan fingerprint density at radius 3 is 2.50 bits per heavy atom. The number of urea groups is 1. The monoisotopic (exact) mass is 258 g/mol. The summed E-state index contributed by atoms with van der Waals surface area (Å²) in [4.78, 5) is 21.8. The molecule has 98 valence electrons. The van der Waals surface area contributed by atoms with Crippen molar-refractivity contribution in [2.24, 2.45) is 0 Å². The lowest BCUT2D eigenvalue weighted by atomic mass is 10.2. The minimum absolute atomic E-state index is 0.165. The van der Waals surface area contributed by atoms with Gasteiger partial charge in [0.15, 0.2) is 5.82 Å². The lowest BCUT2D eigenvalue weighted by molar-refractivity contribution is -0.138. The number of halogens is 2. The number of aliphatic carboxylic acids is 1. The van der Waals surface area contributed by atoms with Gasteiger partial charge in [-0.15, -0.1) is 0 Å². The number of hydrogen-bond donors (Lipinski definition) is 3. The van der Waals surface area contributed by atoms with E-state index in [1.54, 1.807) is 0 Å². The molecule has 0 radical (unpaired) electrons. The van der Waals surface area contributed by atoms with Gasteiger partial charge in [-0.1, -0.05) is 6.07 Å². The normalized spacial score (nSPS) is 11.8. The summed E-state index contributed by atoms with van der Waals surface area (Å²) in [5.41, 5.74) is -0.442. The van der Waals surface area contributed by atoms with Crippen molar-refractivity contribution in [3.63, 3.8) is 0 Å². The first-order chi connectivity index (χ1) is 8.32. The maximum Gasteiger partial charge on any atom is 0.325 e. The molecule has 1 rings (SSSR count). The first-order valence-electron chi connectivity index (χ1n) is 5.08. The van der Waals surface area contributed by atoms with E-state index in [1.165, 1.54) is 19.9 Å². The number of carbonyl (C=O) groups is 2. The number of rotatable bonds is 3. The summed E-state index contributed by atoms with van der Waals surface area (Å²) in [6.45, 7) is 2.64. The van der Waals surface area contributed by atoms with Crippen LogP contribution in [0.15, 0.2) is 12.1 Å². The van der Waals surface area contributed by atoms with E-state index >= 15 is 0 Å². The highest BCUT2D eigenvalue weighted by Crippen LogP contribution is 2.21. The van der Waals surface area contributed by atoms with Gasteiger partial charge < -0.3 is 15.7 Å². The van der Waals surface area contributed by atoms with Crippen LogP contribution in [0.1, 0.15) is 12.5 Å². The number of nitrogens with one attached hydrogen (secondary N) is 2. The average Bonchev–Trinajstić information content (AvgIpc) is 2.29. The molecule has 18 heavy (non-hydrogen) atoms. The van der Waals surface area contributed by atoms with Gasteiger partial charge in [0.05, 0.1) is 0 Å². The van der Waals surface area contributed by atoms with Crippen LogP contribution in [-0.4, -0.2) is 23.1 Å². The molecule has 0 aliphatic rings. The number of hydrogen-bond acceptors (Lipinski definition) is 2. The summed E-state index contributed by atoms with van der Waals surface area (Å²) in [6, 6.07) is 0.0803. The molecular formula is C11H12F2N2O3. The fourth-order valence-corrected chi connectivity index (χ4v) is 1.18. The summed E-state index contributed by atoms with van der Waals surface area (Å²) in [5.74, 6) is -3.08. The second-order valence-electron chi connectivity index (χ2n) is 3.71. The molecule has 0 aliphatic heterocycles. The Balaban J connectivity index is 2.82. The van der Waals surface area contributed by atoms with Crippen LogP contribution in [0.3, 0.4) is 0 Å².